The first kappa shape index (κ1) is 12.2. The molecule has 2 rings (SSSR count). The fourth-order valence-corrected chi connectivity index (χ4v) is 1.94. The average Bonchev–Trinajstić information content (AvgIpc) is 2.74. The van der Waals surface area contributed by atoms with Crippen LogP contribution < -0.4 is 5.32 Å². The molecule has 0 saturated carbocycles. The van der Waals surface area contributed by atoms with Gasteiger partial charge in [0.05, 0.1) is 11.0 Å². The van der Waals surface area contributed by atoms with E-state index in [1.165, 1.54) is 16.8 Å². The second kappa shape index (κ2) is 4.96. The van der Waals surface area contributed by atoms with Crippen molar-refractivity contribution in [1.82, 2.24) is 25.2 Å². The maximum absolute atomic E-state index is 10.8. The predicted molar refractivity (Wildman–Crippen MR) is 63.4 cm³/mol. The lowest BCUT2D eigenvalue weighted by molar-refractivity contribution is -0.385. The van der Waals surface area contributed by atoms with Crippen LogP contribution in [0.1, 0.15) is 0 Å². The summed E-state index contributed by atoms with van der Waals surface area (Å²) in [7, 11) is 3.32. The summed E-state index contributed by atoms with van der Waals surface area (Å²) in [6.07, 6.45) is 0. The van der Waals surface area contributed by atoms with E-state index in [1.807, 2.05) is 0 Å². The number of aryl methyl sites for hydroxylation is 1. The van der Waals surface area contributed by atoms with Gasteiger partial charge in [0, 0.05) is 20.2 Å². The quantitative estimate of drug-likeness (QED) is 0.636. The lowest BCUT2D eigenvalue weighted by atomic mass is 10.4. The summed E-state index contributed by atoms with van der Waals surface area (Å²) in [4.78, 5) is 14.5. The van der Waals surface area contributed by atoms with Crippen LogP contribution in [0, 0.1) is 10.1 Å². The predicted octanol–water partition coefficient (Wildman–Crippen LogP) is 0.706. The molecule has 0 saturated heterocycles. The number of aromatic nitrogens is 5. The Hall–Kier alpha value is -2.23. The molecular weight excluding hydrogens is 258 g/mol. The van der Waals surface area contributed by atoms with Crippen LogP contribution in [0.3, 0.4) is 0 Å². The Labute approximate surface area is 106 Å². The van der Waals surface area contributed by atoms with Gasteiger partial charge in [0.15, 0.2) is 0 Å². The van der Waals surface area contributed by atoms with Gasteiger partial charge in [-0.1, -0.05) is 0 Å². The fraction of sp³-hybridized carbons (Fsp3) is 0.250. The topological polar surface area (TPSA) is 112 Å². The molecule has 0 aliphatic rings. The molecule has 18 heavy (non-hydrogen) atoms. The zero-order valence-electron chi connectivity index (χ0n) is 9.56. The Kier molecular flexibility index (Phi) is 3.37. The van der Waals surface area contributed by atoms with Crippen molar-refractivity contribution in [3.8, 4) is 0 Å². The number of rotatable bonds is 4. The fourth-order valence-electron chi connectivity index (χ4n) is 1.18. The van der Waals surface area contributed by atoms with E-state index in [2.05, 4.69) is 25.8 Å². The van der Waals surface area contributed by atoms with Crippen molar-refractivity contribution in [2.24, 2.45) is 7.05 Å². The molecule has 0 aliphatic carbocycles. The Morgan fingerprint density at radius 1 is 1.50 bits per heavy atom. The lowest BCUT2D eigenvalue weighted by Crippen LogP contribution is -1.98. The Morgan fingerprint density at radius 2 is 2.28 bits per heavy atom. The van der Waals surface area contributed by atoms with Gasteiger partial charge in [-0.15, -0.1) is 5.10 Å². The molecule has 0 unspecified atom stereocenters. The summed E-state index contributed by atoms with van der Waals surface area (Å²) in [6, 6.07) is 2.74. The molecule has 2 aromatic heterocycles. The molecule has 0 radical (unpaired) electrons. The summed E-state index contributed by atoms with van der Waals surface area (Å²) in [5.74, 6) is 0.418. The van der Waals surface area contributed by atoms with Gasteiger partial charge in [0.1, 0.15) is 10.8 Å². The Morgan fingerprint density at radius 3 is 2.83 bits per heavy atom. The summed E-state index contributed by atoms with van der Waals surface area (Å²) in [5.41, 5.74) is -0.0352. The van der Waals surface area contributed by atoms with Crippen molar-refractivity contribution in [2.45, 2.75) is 10.2 Å². The van der Waals surface area contributed by atoms with Crippen molar-refractivity contribution < 1.29 is 4.92 Å². The molecule has 0 amide bonds. The van der Waals surface area contributed by atoms with Gasteiger partial charge in [0.2, 0.25) is 5.16 Å². The first-order valence-corrected chi connectivity index (χ1v) is 5.66. The maximum Gasteiger partial charge on any atom is 0.275 e. The highest BCUT2D eigenvalue weighted by molar-refractivity contribution is 7.99. The van der Waals surface area contributed by atoms with Crippen molar-refractivity contribution in [3.05, 3.63) is 22.2 Å². The molecule has 0 spiro atoms. The van der Waals surface area contributed by atoms with Gasteiger partial charge in [-0.3, -0.25) is 10.1 Å². The molecule has 9 nitrogen and oxygen atoms in total. The number of nitro groups is 1. The number of pyridine rings is 1. The van der Waals surface area contributed by atoms with Crippen LogP contribution in [0.2, 0.25) is 0 Å². The number of hydrogen-bond acceptors (Lipinski definition) is 8. The molecule has 0 fully saturated rings. The van der Waals surface area contributed by atoms with Crippen LogP contribution in [-0.2, 0) is 7.05 Å². The summed E-state index contributed by atoms with van der Waals surface area (Å²) in [5, 5.41) is 25.4. The van der Waals surface area contributed by atoms with Crippen molar-refractivity contribution in [3.63, 3.8) is 0 Å². The van der Waals surface area contributed by atoms with E-state index in [4.69, 9.17) is 0 Å². The first-order chi connectivity index (χ1) is 8.60. The highest BCUT2D eigenvalue weighted by Crippen LogP contribution is 2.28. The number of nitrogens with one attached hydrogen (secondary N) is 1. The standard InChI is InChI=1S/C8H9N7O2S/c1-9-6-3-5(15(16)17)4-7(10-6)18-8-11-12-13-14(8)2/h3-4H,1-2H3,(H,9,10). The molecule has 1 N–H and O–H groups in total. The number of tetrazole rings is 1. The molecule has 0 aliphatic heterocycles. The van der Waals surface area contributed by atoms with Gasteiger partial charge in [-0.05, 0) is 22.2 Å². The largest absolute Gasteiger partial charge is 0.373 e. The third-order valence-electron chi connectivity index (χ3n) is 2.03. The molecule has 10 heteroatoms. The molecular formula is C8H9N7O2S. The third kappa shape index (κ3) is 2.53. The van der Waals surface area contributed by atoms with Crippen LogP contribution in [-0.4, -0.2) is 37.2 Å². The average molecular weight is 267 g/mol. The first-order valence-electron chi connectivity index (χ1n) is 4.84. The lowest BCUT2D eigenvalue weighted by Gasteiger charge is -2.03. The van der Waals surface area contributed by atoms with Gasteiger partial charge < -0.3 is 5.32 Å². The van der Waals surface area contributed by atoms with Crippen molar-refractivity contribution in [1.29, 1.82) is 0 Å². The van der Waals surface area contributed by atoms with Crippen molar-refractivity contribution >= 4 is 23.3 Å². The highest BCUT2D eigenvalue weighted by Gasteiger charge is 2.13. The Bertz CT molecular complexity index is 585. The van der Waals surface area contributed by atoms with E-state index in [0.717, 1.165) is 11.8 Å². The normalized spacial score (nSPS) is 10.3. The van der Waals surface area contributed by atoms with Crippen LogP contribution in [0.5, 0.6) is 0 Å². The highest BCUT2D eigenvalue weighted by atomic mass is 32.2. The monoisotopic (exact) mass is 267 g/mol. The second-order valence-electron chi connectivity index (χ2n) is 3.24. The van der Waals surface area contributed by atoms with E-state index >= 15 is 0 Å². The minimum absolute atomic E-state index is 0.0352. The summed E-state index contributed by atoms with van der Waals surface area (Å²) >= 11 is 1.15. The van der Waals surface area contributed by atoms with E-state index < -0.39 is 4.92 Å². The van der Waals surface area contributed by atoms with Crippen LogP contribution in [0.25, 0.3) is 0 Å². The van der Waals surface area contributed by atoms with Gasteiger partial charge >= 0.3 is 0 Å². The number of anilines is 1. The van der Waals surface area contributed by atoms with E-state index in [-0.39, 0.29) is 5.69 Å². The van der Waals surface area contributed by atoms with E-state index in [1.54, 1.807) is 14.1 Å². The molecule has 2 aromatic rings. The molecule has 0 bridgehead atoms. The van der Waals surface area contributed by atoms with Crippen LogP contribution in [0.15, 0.2) is 22.3 Å². The zero-order valence-corrected chi connectivity index (χ0v) is 10.4. The van der Waals surface area contributed by atoms with Crippen molar-refractivity contribution in [2.75, 3.05) is 12.4 Å². The second-order valence-corrected chi connectivity index (χ2v) is 4.23. The molecule has 0 aromatic carbocycles. The number of nitrogens with zero attached hydrogens (tertiary/aromatic N) is 6. The number of hydrogen-bond donors (Lipinski definition) is 1. The van der Waals surface area contributed by atoms with Crippen LogP contribution in [0.4, 0.5) is 11.5 Å². The summed E-state index contributed by atoms with van der Waals surface area (Å²) in [6.45, 7) is 0. The smallest absolute Gasteiger partial charge is 0.275 e. The molecule has 2 heterocycles. The summed E-state index contributed by atoms with van der Waals surface area (Å²) < 4.78 is 1.46. The van der Waals surface area contributed by atoms with Gasteiger partial charge in [-0.25, -0.2) is 9.67 Å². The molecule has 94 valence electrons. The Balaban J connectivity index is 2.35. The van der Waals surface area contributed by atoms with E-state index in [0.29, 0.717) is 16.0 Å². The zero-order chi connectivity index (χ0) is 13.1. The van der Waals surface area contributed by atoms with Crippen LogP contribution >= 0.6 is 11.8 Å². The molecule has 0 atom stereocenters. The third-order valence-corrected chi connectivity index (χ3v) is 2.98. The van der Waals surface area contributed by atoms with Gasteiger partial charge in [-0.2, -0.15) is 0 Å². The maximum atomic E-state index is 10.8. The minimum atomic E-state index is -0.471. The minimum Gasteiger partial charge on any atom is -0.373 e. The van der Waals surface area contributed by atoms with Gasteiger partial charge in [0.25, 0.3) is 5.69 Å². The van der Waals surface area contributed by atoms with E-state index in [9.17, 15) is 10.1 Å². The SMILES string of the molecule is CNc1cc([N+](=O)[O-])cc(Sc2nnnn2C)n1.